The number of ketones is 1. The number of hydrogen-bond donors (Lipinski definition) is 0. The van der Waals surface area contributed by atoms with Gasteiger partial charge in [-0.2, -0.15) is 0 Å². The first-order chi connectivity index (χ1) is 20.1. The summed E-state index contributed by atoms with van der Waals surface area (Å²) >= 11 is 14.9. The van der Waals surface area contributed by atoms with E-state index in [0.29, 0.717) is 56.2 Å². The van der Waals surface area contributed by atoms with Crippen LogP contribution in [0.4, 0.5) is 5.69 Å². The van der Waals surface area contributed by atoms with E-state index >= 15 is 0 Å². The fourth-order valence-corrected chi connectivity index (χ4v) is 7.61. The van der Waals surface area contributed by atoms with E-state index in [9.17, 15) is 19.2 Å². The minimum atomic E-state index is -0.655. The summed E-state index contributed by atoms with van der Waals surface area (Å²) in [6.45, 7) is 1.43. The number of amides is 2. The molecule has 1 aliphatic heterocycles. The highest BCUT2D eigenvalue weighted by Crippen LogP contribution is 2.44. The lowest BCUT2D eigenvalue weighted by Gasteiger charge is -2.29. The fraction of sp³-hybridized carbons (Fsp3) is 0.258. The maximum absolute atomic E-state index is 13.3. The van der Waals surface area contributed by atoms with Crippen molar-refractivity contribution in [3.05, 3.63) is 81.0 Å². The van der Waals surface area contributed by atoms with Crippen molar-refractivity contribution >= 4 is 95.0 Å². The molecular formula is C31H23Br2ClN2O5S. The highest BCUT2D eigenvalue weighted by molar-refractivity contribution is 9.12. The summed E-state index contributed by atoms with van der Waals surface area (Å²) in [6, 6.07) is 15.4. The second-order valence-electron chi connectivity index (χ2n) is 10.4. The number of carbonyl (C=O) groups is 4. The lowest BCUT2D eigenvalue weighted by atomic mass is 9.81. The van der Waals surface area contributed by atoms with Gasteiger partial charge in [0.2, 0.25) is 17.6 Å². The monoisotopic (exact) mass is 728 g/mol. The summed E-state index contributed by atoms with van der Waals surface area (Å²) in [5.74, 6) is -1.99. The van der Waals surface area contributed by atoms with Crippen molar-refractivity contribution in [3.8, 4) is 11.3 Å². The zero-order valence-corrected chi connectivity index (χ0v) is 26.9. The van der Waals surface area contributed by atoms with Gasteiger partial charge in [-0.15, -0.1) is 11.3 Å². The molecule has 7 nitrogen and oxygen atoms in total. The minimum absolute atomic E-state index is 0.128. The number of aromatic nitrogens is 1. The number of pyridine rings is 1. The van der Waals surface area contributed by atoms with Crippen LogP contribution in [-0.2, 0) is 14.3 Å². The van der Waals surface area contributed by atoms with E-state index in [2.05, 4.69) is 31.9 Å². The van der Waals surface area contributed by atoms with Crippen molar-refractivity contribution in [1.29, 1.82) is 0 Å². The molecule has 2 fully saturated rings. The first-order valence-electron chi connectivity index (χ1n) is 13.2. The first kappa shape index (κ1) is 29.2. The van der Waals surface area contributed by atoms with Gasteiger partial charge in [0.25, 0.3) is 0 Å². The van der Waals surface area contributed by atoms with Crippen molar-refractivity contribution in [3.63, 3.8) is 0 Å². The van der Waals surface area contributed by atoms with Crippen LogP contribution >= 0.6 is 54.8 Å². The van der Waals surface area contributed by atoms with E-state index in [1.807, 2.05) is 6.92 Å². The number of carbonyl (C=O) groups excluding carboxylic acids is 4. The molecule has 1 aliphatic carbocycles. The quantitative estimate of drug-likeness (QED) is 0.0890. The zero-order valence-electron chi connectivity index (χ0n) is 22.2. The topological polar surface area (TPSA) is 93.6 Å². The molecule has 214 valence electrons. The van der Waals surface area contributed by atoms with Gasteiger partial charge in [-0.05, 0) is 61.0 Å². The van der Waals surface area contributed by atoms with Gasteiger partial charge in [0.1, 0.15) is 0 Å². The molecule has 4 unspecified atom stereocenters. The van der Waals surface area contributed by atoms with Gasteiger partial charge in [-0.25, -0.2) is 9.78 Å². The normalized spacial score (nSPS) is 22.0. The third-order valence-corrected chi connectivity index (χ3v) is 11.9. The first-order valence-corrected chi connectivity index (χ1v) is 16.3. The Hall–Kier alpha value is -2.92. The Morgan fingerprint density at radius 3 is 2.31 bits per heavy atom. The van der Waals surface area contributed by atoms with Gasteiger partial charge in [-0.1, -0.05) is 67.7 Å². The van der Waals surface area contributed by atoms with Gasteiger partial charge in [0.05, 0.1) is 39.2 Å². The van der Waals surface area contributed by atoms with E-state index in [1.165, 1.54) is 16.2 Å². The lowest BCUT2D eigenvalue weighted by Crippen LogP contribution is -2.34. The molecule has 3 heterocycles. The Bertz CT molecular complexity index is 1720. The summed E-state index contributed by atoms with van der Waals surface area (Å²) in [6.07, 6.45) is 1.20. The van der Waals surface area contributed by atoms with Crippen LogP contribution in [0.3, 0.4) is 0 Å². The number of halogens is 3. The number of nitrogens with zero attached hydrogens (tertiary/aromatic N) is 2. The molecule has 2 amide bonds. The molecule has 11 heteroatoms. The SMILES string of the molecule is Cc1c(Cl)ccc2c(C(=O)OCC(=O)c3cccs3)cc(-c3ccc(N4C(=O)C5CC(Br)C(Br)CC5C4=O)cc3)nc12. The fourth-order valence-electron chi connectivity index (χ4n) is 5.57. The Kier molecular flexibility index (Phi) is 8.08. The predicted molar refractivity (Wildman–Crippen MR) is 170 cm³/mol. The van der Waals surface area contributed by atoms with Crippen LogP contribution in [0.2, 0.25) is 5.02 Å². The number of esters is 1. The Labute approximate surface area is 267 Å². The van der Waals surface area contributed by atoms with E-state index in [0.717, 1.165) is 0 Å². The lowest BCUT2D eigenvalue weighted by molar-refractivity contribution is -0.122. The summed E-state index contributed by atoms with van der Waals surface area (Å²) in [7, 11) is 0. The molecule has 0 spiro atoms. The molecule has 42 heavy (non-hydrogen) atoms. The standard InChI is InChI=1S/C31H23Br2ClN2O5S/c1-15-24(34)9-8-18-21(31(40)41-14-26(37)27-3-2-10-42-27)13-25(35-28(15)18)16-4-6-17(7-5-16)36-29(38)19-11-22(32)23(33)12-20(19)30(36)39/h2-10,13,19-20,22-23H,11-12,14H2,1H3. The molecule has 2 aliphatic rings. The summed E-state index contributed by atoms with van der Waals surface area (Å²) < 4.78 is 5.42. The molecule has 0 radical (unpaired) electrons. The molecule has 2 aromatic heterocycles. The van der Waals surface area contributed by atoms with Gasteiger partial charge < -0.3 is 4.74 Å². The zero-order chi connectivity index (χ0) is 29.7. The highest BCUT2D eigenvalue weighted by atomic mass is 79.9. The number of benzene rings is 2. The number of Topliss-reactive ketones (excluding diaryl/α,β-unsaturated/α-hetero) is 1. The van der Waals surface area contributed by atoms with Crippen molar-refractivity contribution in [1.82, 2.24) is 4.98 Å². The van der Waals surface area contributed by atoms with E-state index in [1.54, 1.807) is 60.0 Å². The molecule has 4 aromatic rings. The third-order valence-electron chi connectivity index (χ3n) is 7.85. The van der Waals surface area contributed by atoms with Crippen LogP contribution in [-0.4, -0.2) is 44.8 Å². The third kappa shape index (κ3) is 5.23. The van der Waals surface area contributed by atoms with Crippen LogP contribution in [0.5, 0.6) is 0 Å². The Morgan fingerprint density at radius 2 is 1.69 bits per heavy atom. The molecule has 1 saturated carbocycles. The summed E-state index contributed by atoms with van der Waals surface area (Å²) in [5, 5.41) is 2.84. The number of aryl methyl sites for hydroxylation is 1. The number of anilines is 1. The number of rotatable bonds is 6. The van der Waals surface area contributed by atoms with Crippen molar-refractivity contribution in [2.45, 2.75) is 29.4 Å². The Balaban J connectivity index is 1.31. The Morgan fingerprint density at radius 1 is 1.02 bits per heavy atom. The van der Waals surface area contributed by atoms with Crippen LogP contribution in [0.25, 0.3) is 22.2 Å². The summed E-state index contributed by atoms with van der Waals surface area (Å²) in [4.78, 5) is 59.1. The van der Waals surface area contributed by atoms with E-state index in [4.69, 9.17) is 21.3 Å². The maximum atomic E-state index is 13.3. The van der Waals surface area contributed by atoms with Crippen molar-refractivity contribution in [2.24, 2.45) is 11.8 Å². The molecule has 6 rings (SSSR count). The highest BCUT2D eigenvalue weighted by Gasteiger charge is 2.52. The average Bonchev–Trinajstić information content (AvgIpc) is 3.61. The number of fused-ring (bicyclic) bond motifs is 2. The second-order valence-corrected chi connectivity index (χ2v) is 14.1. The second kappa shape index (κ2) is 11.6. The molecular weight excluding hydrogens is 708 g/mol. The van der Waals surface area contributed by atoms with Gasteiger partial charge in [0, 0.05) is 25.6 Å². The number of thiophene rings is 1. The number of alkyl halides is 2. The van der Waals surface area contributed by atoms with Crippen molar-refractivity contribution in [2.75, 3.05) is 11.5 Å². The van der Waals surface area contributed by atoms with Crippen LogP contribution in [0.1, 0.15) is 38.4 Å². The molecule has 1 saturated heterocycles. The van der Waals surface area contributed by atoms with Crippen LogP contribution in [0, 0.1) is 18.8 Å². The summed E-state index contributed by atoms with van der Waals surface area (Å²) in [5.41, 5.74) is 3.12. The van der Waals surface area contributed by atoms with Crippen LogP contribution in [0.15, 0.2) is 60.0 Å². The number of hydrogen-bond acceptors (Lipinski definition) is 7. The number of imide groups is 1. The smallest absolute Gasteiger partial charge is 0.339 e. The number of ether oxygens (including phenoxy) is 1. The molecule has 0 N–H and O–H groups in total. The van der Waals surface area contributed by atoms with Gasteiger partial charge >= 0.3 is 5.97 Å². The average molecular weight is 731 g/mol. The van der Waals surface area contributed by atoms with Crippen LogP contribution < -0.4 is 4.90 Å². The predicted octanol–water partition coefficient (Wildman–Crippen LogP) is 7.39. The maximum Gasteiger partial charge on any atom is 0.339 e. The van der Waals surface area contributed by atoms with Crippen molar-refractivity contribution < 1.29 is 23.9 Å². The molecule has 2 aromatic carbocycles. The van der Waals surface area contributed by atoms with Gasteiger partial charge in [0.15, 0.2) is 6.61 Å². The largest absolute Gasteiger partial charge is 0.454 e. The minimum Gasteiger partial charge on any atom is -0.454 e. The van der Waals surface area contributed by atoms with E-state index < -0.39 is 5.97 Å². The molecule has 4 atom stereocenters. The van der Waals surface area contributed by atoms with E-state index in [-0.39, 0.29) is 51.3 Å². The molecule has 0 bridgehead atoms. The van der Waals surface area contributed by atoms with Gasteiger partial charge in [-0.3, -0.25) is 19.3 Å².